The van der Waals surface area contributed by atoms with Crippen molar-refractivity contribution in [1.82, 2.24) is 0 Å². The van der Waals surface area contributed by atoms with E-state index in [1.54, 1.807) is 19.3 Å². The number of allylic oxidation sites excluding steroid dienone is 4. The minimum absolute atomic E-state index is 0.217. The largest absolute Gasteiger partial charge is 0.478 e. The molecule has 0 rings (SSSR count). The molecule has 0 aliphatic heterocycles. The summed E-state index contributed by atoms with van der Waals surface area (Å²) in [6.07, 6.45) is 10.9. The minimum atomic E-state index is -0.938. The number of rotatable bonds is 6. The van der Waals surface area contributed by atoms with Gasteiger partial charge in [0.05, 0.1) is 6.10 Å². The number of carboxylic acid groups (broad SMARTS) is 1. The molecule has 0 fully saturated rings. The molecule has 0 saturated heterocycles. The van der Waals surface area contributed by atoms with Crippen LogP contribution in [0.1, 0.15) is 27.2 Å². The lowest BCUT2D eigenvalue weighted by atomic mass is 10.2. The quantitative estimate of drug-likeness (QED) is 0.559. The molecule has 1 atom stereocenters. The Bertz CT molecular complexity index is 240. The predicted octanol–water partition coefficient (Wildman–Crippen LogP) is 3.19. The van der Waals surface area contributed by atoms with Crippen molar-refractivity contribution in [1.29, 1.82) is 0 Å². The zero-order valence-electron chi connectivity index (χ0n) is 10.5. The van der Waals surface area contributed by atoms with Gasteiger partial charge in [0, 0.05) is 13.2 Å². The van der Waals surface area contributed by atoms with Crippen molar-refractivity contribution in [2.75, 3.05) is 7.11 Å². The molecule has 3 heteroatoms. The Morgan fingerprint density at radius 3 is 2.31 bits per heavy atom. The maximum atomic E-state index is 10.1. The van der Waals surface area contributed by atoms with Gasteiger partial charge in [-0.05, 0) is 13.3 Å². The number of ether oxygens (including phenoxy) is 1. The van der Waals surface area contributed by atoms with Crippen LogP contribution in [0.4, 0.5) is 0 Å². The standard InChI is InChI=1S/C11H16O3.C2H6/c1-10(14-2)8-6-4-3-5-7-9-11(12)13;1-2/h3-7,9-10H,8H2,1-2H3,(H,12,13);1-2H3/b5-3+,6-4+,9-7+;. The van der Waals surface area contributed by atoms with Crippen LogP contribution in [-0.4, -0.2) is 24.3 Å². The molecule has 0 saturated carbocycles. The van der Waals surface area contributed by atoms with Gasteiger partial charge in [0.25, 0.3) is 0 Å². The van der Waals surface area contributed by atoms with E-state index in [2.05, 4.69) is 0 Å². The first kappa shape index (κ1) is 17.1. The van der Waals surface area contributed by atoms with Crippen molar-refractivity contribution in [3.63, 3.8) is 0 Å². The third kappa shape index (κ3) is 15.1. The highest BCUT2D eigenvalue weighted by molar-refractivity contribution is 5.80. The Balaban J connectivity index is 0. The van der Waals surface area contributed by atoms with Crippen LogP contribution in [-0.2, 0) is 9.53 Å². The molecule has 0 heterocycles. The van der Waals surface area contributed by atoms with Crippen molar-refractivity contribution in [3.05, 3.63) is 36.5 Å². The Labute approximate surface area is 98.1 Å². The Morgan fingerprint density at radius 2 is 1.81 bits per heavy atom. The van der Waals surface area contributed by atoms with Gasteiger partial charge in [0.1, 0.15) is 0 Å². The van der Waals surface area contributed by atoms with Crippen LogP contribution >= 0.6 is 0 Å². The van der Waals surface area contributed by atoms with E-state index in [1.165, 1.54) is 6.08 Å². The van der Waals surface area contributed by atoms with E-state index in [4.69, 9.17) is 9.84 Å². The highest BCUT2D eigenvalue weighted by atomic mass is 16.5. The highest BCUT2D eigenvalue weighted by Crippen LogP contribution is 1.96. The molecule has 0 aliphatic carbocycles. The molecule has 0 aromatic heterocycles. The summed E-state index contributed by atoms with van der Waals surface area (Å²) in [7, 11) is 1.67. The number of carboxylic acids is 1. The molecule has 0 aromatic carbocycles. The van der Waals surface area contributed by atoms with Gasteiger partial charge in [-0.2, -0.15) is 0 Å². The van der Waals surface area contributed by atoms with Crippen LogP contribution in [0.3, 0.4) is 0 Å². The number of methoxy groups -OCH3 is 1. The number of hydrogen-bond donors (Lipinski definition) is 1. The second-order valence-electron chi connectivity index (χ2n) is 2.79. The Hall–Kier alpha value is -1.35. The molecule has 0 spiro atoms. The topological polar surface area (TPSA) is 46.5 Å². The first-order chi connectivity index (χ1) is 7.66. The summed E-state index contributed by atoms with van der Waals surface area (Å²) in [5.41, 5.74) is 0. The van der Waals surface area contributed by atoms with Crippen LogP contribution in [0, 0.1) is 0 Å². The first-order valence-electron chi connectivity index (χ1n) is 5.42. The number of carbonyl (C=O) groups is 1. The lowest BCUT2D eigenvalue weighted by Crippen LogP contribution is -2.01. The van der Waals surface area contributed by atoms with Crippen LogP contribution in [0.25, 0.3) is 0 Å². The van der Waals surface area contributed by atoms with Gasteiger partial charge in [-0.15, -0.1) is 0 Å². The fourth-order valence-electron chi connectivity index (χ4n) is 0.711. The fraction of sp³-hybridized carbons (Fsp3) is 0.462. The average Bonchev–Trinajstić information content (AvgIpc) is 2.29. The SMILES string of the molecule is CC.COC(C)C/C=C/C=C/C=C/C(=O)O. The van der Waals surface area contributed by atoms with E-state index in [-0.39, 0.29) is 6.10 Å². The minimum Gasteiger partial charge on any atom is -0.478 e. The molecule has 0 aromatic rings. The van der Waals surface area contributed by atoms with Gasteiger partial charge < -0.3 is 9.84 Å². The molecule has 0 bridgehead atoms. The summed E-state index contributed by atoms with van der Waals surface area (Å²) < 4.78 is 5.04. The number of hydrogen-bond acceptors (Lipinski definition) is 2. The van der Waals surface area contributed by atoms with Gasteiger partial charge >= 0.3 is 5.97 Å². The van der Waals surface area contributed by atoms with Crippen LogP contribution in [0.2, 0.25) is 0 Å². The van der Waals surface area contributed by atoms with E-state index in [0.29, 0.717) is 0 Å². The molecule has 1 N–H and O–H groups in total. The molecule has 0 amide bonds. The summed E-state index contributed by atoms with van der Waals surface area (Å²) in [6.45, 7) is 5.98. The van der Waals surface area contributed by atoms with Gasteiger partial charge in [-0.1, -0.05) is 44.2 Å². The predicted molar refractivity (Wildman–Crippen MR) is 67.5 cm³/mol. The van der Waals surface area contributed by atoms with Crippen LogP contribution in [0.5, 0.6) is 0 Å². The van der Waals surface area contributed by atoms with Gasteiger partial charge in [-0.25, -0.2) is 4.79 Å². The van der Waals surface area contributed by atoms with Crippen LogP contribution < -0.4 is 0 Å². The van der Waals surface area contributed by atoms with E-state index in [1.807, 2.05) is 32.9 Å². The fourth-order valence-corrected chi connectivity index (χ4v) is 0.711. The molecule has 1 unspecified atom stereocenters. The first-order valence-corrected chi connectivity index (χ1v) is 5.42. The number of aliphatic carboxylic acids is 1. The van der Waals surface area contributed by atoms with Crippen molar-refractivity contribution < 1.29 is 14.6 Å². The lowest BCUT2D eigenvalue weighted by molar-refractivity contribution is -0.131. The van der Waals surface area contributed by atoms with E-state index in [0.717, 1.165) is 12.5 Å². The maximum absolute atomic E-state index is 10.1. The third-order valence-electron chi connectivity index (χ3n) is 1.58. The summed E-state index contributed by atoms with van der Waals surface area (Å²) in [4.78, 5) is 10.1. The molecular formula is C13H22O3. The maximum Gasteiger partial charge on any atom is 0.328 e. The van der Waals surface area contributed by atoms with E-state index < -0.39 is 5.97 Å². The summed E-state index contributed by atoms with van der Waals surface area (Å²) >= 11 is 0. The van der Waals surface area contributed by atoms with Crippen molar-refractivity contribution in [2.45, 2.75) is 33.3 Å². The molecule has 0 aliphatic rings. The molecule has 0 radical (unpaired) electrons. The molecule has 92 valence electrons. The Kier molecular flexibility index (Phi) is 14.6. The summed E-state index contributed by atoms with van der Waals surface area (Å²) in [5, 5.41) is 8.27. The van der Waals surface area contributed by atoms with Crippen molar-refractivity contribution in [3.8, 4) is 0 Å². The van der Waals surface area contributed by atoms with Crippen LogP contribution in [0.15, 0.2) is 36.5 Å². The highest BCUT2D eigenvalue weighted by Gasteiger charge is 1.91. The van der Waals surface area contributed by atoms with E-state index in [9.17, 15) is 4.79 Å². The summed E-state index contributed by atoms with van der Waals surface area (Å²) in [6, 6.07) is 0. The van der Waals surface area contributed by atoms with Crippen molar-refractivity contribution >= 4 is 5.97 Å². The van der Waals surface area contributed by atoms with Crippen molar-refractivity contribution in [2.24, 2.45) is 0 Å². The Morgan fingerprint density at radius 1 is 1.25 bits per heavy atom. The smallest absolute Gasteiger partial charge is 0.328 e. The van der Waals surface area contributed by atoms with Gasteiger partial charge in [-0.3, -0.25) is 0 Å². The monoisotopic (exact) mass is 226 g/mol. The second-order valence-corrected chi connectivity index (χ2v) is 2.79. The second kappa shape index (κ2) is 13.7. The van der Waals surface area contributed by atoms with Gasteiger partial charge in [0.15, 0.2) is 0 Å². The summed E-state index contributed by atoms with van der Waals surface area (Å²) in [5.74, 6) is -0.938. The zero-order chi connectivity index (χ0) is 12.8. The molecular weight excluding hydrogens is 204 g/mol. The average molecular weight is 226 g/mol. The zero-order valence-corrected chi connectivity index (χ0v) is 10.5. The van der Waals surface area contributed by atoms with E-state index >= 15 is 0 Å². The van der Waals surface area contributed by atoms with Gasteiger partial charge in [0.2, 0.25) is 0 Å². The third-order valence-corrected chi connectivity index (χ3v) is 1.58. The normalized spacial score (nSPS) is 13.0. The lowest BCUT2D eigenvalue weighted by Gasteiger charge is -2.03. The molecule has 16 heavy (non-hydrogen) atoms. The molecule has 3 nitrogen and oxygen atoms in total.